The molecule has 0 saturated heterocycles. The van der Waals surface area contributed by atoms with E-state index in [0.29, 0.717) is 35.5 Å². The van der Waals surface area contributed by atoms with Crippen LogP contribution in [-0.2, 0) is 0 Å². The molecule has 1 rings (SSSR count). The predicted octanol–water partition coefficient (Wildman–Crippen LogP) is 2.44. The average molecular weight is 325 g/mol. The van der Waals surface area contributed by atoms with Gasteiger partial charge in [-0.2, -0.15) is 5.26 Å². The largest absolute Gasteiger partial charge is 0.383 e. The van der Waals surface area contributed by atoms with Crippen molar-refractivity contribution in [2.24, 2.45) is 5.92 Å². The summed E-state index contributed by atoms with van der Waals surface area (Å²) in [4.78, 5) is 18.0. The molecule has 1 aromatic rings. The molecule has 0 spiro atoms. The minimum absolute atomic E-state index is 0.185. The van der Waals surface area contributed by atoms with Crippen LogP contribution in [0.1, 0.15) is 30.6 Å². The van der Waals surface area contributed by atoms with Crippen LogP contribution in [0.25, 0.3) is 0 Å². The number of amides is 1. The number of nitrogen functional groups attached to an aromatic ring is 1. The number of carbonyl (C=O) groups excluding carboxylic acids is 1. The van der Waals surface area contributed by atoms with Gasteiger partial charge in [0.2, 0.25) is 0 Å². The number of hydrogen-bond acceptors (Lipinski definition) is 4. The third kappa shape index (κ3) is 4.52. The SMILES string of the molecule is CC(C)CN(CCC#N)C(=O)c1cc(Br)cnc1N. The van der Waals surface area contributed by atoms with Gasteiger partial charge in [-0.3, -0.25) is 4.79 Å². The molecule has 0 aliphatic rings. The van der Waals surface area contributed by atoms with Gasteiger partial charge >= 0.3 is 0 Å². The quantitative estimate of drug-likeness (QED) is 0.901. The molecule has 6 heteroatoms. The summed E-state index contributed by atoms with van der Waals surface area (Å²) in [6.45, 7) is 5.04. The molecule has 0 radical (unpaired) electrons. The van der Waals surface area contributed by atoms with Gasteiger partial charge in [-0.1, -0.05) is 13.8 Å². The first-order valence-corrected chi connectivity index (χ1v) is 6.82. The highest BCUT2D eigenvalue weighted by atomic mass is 79.9. The number of nitriles is 1. The molecule has 0 aliphatic carbocycles. The third-order valence-electron chi connectivity index (χ3n) is 2.48. The average Bonchev–Trinajstić information content (AvgIpc) is 2.36. The Morgan fingerprint density at radius 2 is 2.32 bits per heavy atom. The molecule has 5 nitrogen and oxygen atoms in total. The molecule has 0 aromatic carbocycles. The second kappa shape index (κ2) is 7.10. The van der Waals surface area contributed by atoms with Crippen LogP contribution in [-0.4, -0.2) is 28.9 Å². The van der Waals surface area contributed by atoms with Crippen LogP contribution in [0.2, 0.25) is 0 Å². The topological polar surface area (TPSA) is 83.0 Å². The maximum atomic E-state index is 12.4. The van der Waals surface area contributed by atoms with E-state index in [9.17, 15) is 4.79 Å². The van der Waals surface area contributed by atoms with Crippen LogP contribution in [0.15, 0.2) is 16.7 Å². The number of carbonyl (C=O) groups is 1. The standard InChI is InChI=1S/C13H17BrN4O/c1-9(2)8-18(5-3-4-15)13(19)11-6-10(14)7-17-12(11)16/h6-7,9H,3,5,8H2,1-2H3,(H2,16,17). The Balaban J connectivity index is 2.97. The summed E-state index contributed by atoms with van der Waals surface area (Å²) < 4.78 is 0.704. The Kier molecular flexibility index (Phi) is 5.77. The first kappa shape index (κ1) is 15.4. The molecule has 19 heavy (non-hydrogen) atoms. The van der Waals surface area contributed by atoms with Crippen molar-refractivity contribution in [3.8, 4) is 6.07 Å². The predicted molar refractivity (Wildman–Crippen MR) is 77.3 cm³/mol. The van der Waals surface area contributed by atoms with Gasteiger partial charge in [0.25, 0.3) is 5.91 Å². The van der Waals surface area contributed by atoms with E-state index in [1.165, 1.54) is 0 Å². The number of nitrogens with zero attached hydrogens (tertiary/aromatic N) is 3. The first-order valence-electron chi connectivity index (χ1n) is 6.03. The van der Waals surface area contributed by atoms with E-state index in [4.69, 9.17) is 11.0 Å². The molecule has 1 heterocycles. The highest BCUT2D eigenvalue weighted by Gasteiger charge is 2.19. The van der Waals surface area contributed by atoms with Crippen molar-refractivity contribution in [2.45, 2.75) is 20.3 Å². The monoisotopic (exact) mass is 324 g/mol. The number of rotatable bonds is 5. The van der Waals surface area contributed by atoms with Crippen molar-refractivity contribution >= 4 is 27.7 Å². The summed E-state index contributed by atoms with van der Waals surface area (Å²) in [6, 6.07) is 3.71. The summed E-state index contributed by atoms with van der Waals surface area (Å²) in [5.41, 5.74) is 6.11. The fourth-order valence-electron chi connectivity index (χ4n) is 1.69. The number of aromatic nitrogens is 1. The molecule has 1 amide bonds. The number of hydrogen-bond donors (Lipinski definition) is 1. The van der Waals surface area contributed by atoms with Crippen molar-refractivity contribution in [2.75, 3.05) is 18.8 Å². The summed E-state index contributed by atoms with van der Waals surface area (Å²) in [5, 5.41) is 8.67. The van der Waals surface area contributed by atoms with Gasteiger partial charge in [0.05, 0.1) is 18.1 Å². The van der Waals surface area contributed by atoms with Crippen LogP contribution in [0.4, 0.5) is 5.82 Å². The lowest BCUT2D eigenvalue weighted by Crippen LogP contribution is -2.35. The van der Waals surface area contributed by atoms with Crippen molar-refractivity contribution in [1.82, 2.24) is 9.88 Å². The maximum Gasteiger partial charge on any atom is 0.257 e. The van der Waals surface area contributed by atoms with Crippen LogP contribution >= 0.6 is 15.9 Å². The first-order chi connectivity index (χ1) is 8.95. The molecule has 0 unspecified atom stereocenters. The van der Waals surface area contributed by atoms with Gasteiger partial charge in [0, 0.05) is 23.8 Å². The Bertz CT molecular complexity index is 496. The normalized spacial score (nSPS) is 10.3. The summed E-state index contributed by atoms with van der Waals surface area (Å²) in [5.74, 6) is 0.346. The summed E-state index contributed by atoms with van der Waals surface area (Å²) in [6.07, 6.45) is 1.86. The molecule has 1 aromatic heterocycles. The zero-order valence-corrected chi connectivity index (χ0v) is 12.6. The van der Waals surface area contributed by atoms with E-state index >= 15 is 0 Å². The van der Waals surface area contributed by atoms with Crippen LogP contribution in [0.5, 0.6) is 0 Å². The van der Waals surface area contributed by atoms with Gasteiger partial charge in [-0.05, 0) is 27.9 Å². The van der Waals surface area contributed by atoms with E-state index in [2.05, 4.69) is 27.0 Å². The Labute approximate surface area is 121 Å². The van der Waals surface area contributed by atoms with Gasteiger partial charge < -0.3 is 10.6 Å². The van der Waals surface area contributed by atoms with E-state index in [-0.39, 0.29) is 11.7 Å². The fourth-order valence-corrected chi connectivity index (χ4v) is 2.02. The second-order valence-electron chi connectivity index (χ2n) is 4.64. The highest BCUT2D eigenvalue weighted by Crippen LogP contribution is 2.18. The van der Waals surface area contributed by atoms with Crippen LogP contribution < -0.4 is 5.73 Å². The van der Waals surface area contributed by atoms with Crippen LogP contribution in [0, 0.1) is 17.2 Å². The lowest BCUT2D eigenvalue weighted by Gasteiger charge is -2.24. The van der Waals surface area contributed by atoms with Gasteiger partial charge in [0.15, 0.2) is 0 Å². The Morgan fingerprint density at radius 3 is 2.89 bits per heavy atom. The van der Waals surface area contributed by atoms with Crippen molar-refractivity contribution in [3.05, 3.63) is 22.3 Å². The zero-order chi connectivity index (χ0) is 14.4. The third-order valence-corrected chi connectivity index (χ3v) is 2.92. The Morgan fingerprint density at radius 1 is 1.63 bits per heavy atom. The molecule has 0 saturated carbocycles. The molecule has 0 aliphatic heterocycles. The zero-order valence-electron chi connectivity index (χ0n) is 11.1. The maximum absolute atomic E-state index is 12.4. The minimum atomic E-state index is -0.185. The Hall–Kier alpha value is -1.61. The second-order valence-corrected chi connectivity index (χ2v) is 5.56. The molecule has 0 bridgehead atoms. The molecule has 0 fully saturated rings. The van der Waals surface area contributed by atoms with Crippen LogP contribution in [0.3, 0.4) is 0 Å². The smallest absolute Gasteiger partial charge is 0.257 e. The lowest BCUT2D eigenvalue weighted by molar-refractivity contribution is 0.0740. The van der Waals surface area contributed by atoms with Crippen molar-refractivity contribution in [3.63, 3.8) is 0 Å². The number of pyridine rings is 1. The summed E-state index contributed by atoms with van der Waals surface area (Å²) in [7, 11) is 0. The van der Waals surface area contributed by atoms with Crippen molar-refractivity contribution in [1.29, 1.82) is 5.26 Å². The molecule has 2 N–H and O–H groups in total. The number of nitrogens with two attached hydrogens (primary N) is 1. The highest BCUT2D eigenvalue weighted by molar-refractivity contribution is 9.10. The number of anilines is 1. The number of halogens is 1. The molecular weight excluding hydrogens is 308 g/mol. The molecule has 102 valence electrons. The van der Waals surface area contributed by atoms with E-state index in [0.717, 1.165) is 0 Å². The van der Waals surface area contributed by atoms with E-state index < -0.39 is 0 Å². The van der Waals surface area contributed by atoms with Gasteiger partial charge in [0.1, 0.15) is 5.82 Å². The lowest BCUT2D eigenvalue weighted by atomic mass is 10.1. The molecular formula is C13H17BrN4O. The van der Waals surface area contributed by atoms with Gasteiger partial charge in [-0.25, -0.2) is 4.98 Å². The van der Waals surface area contributed by atoms with Gasteiger partial charge in [-0.15, -0.1) is 0 Å². The van der Waals surface area contributed by atoms with Crippen molar-refractivity contribution < 1.29 is 4.79 Å². The summed E-state index contributed by atoms with van der Waals surface area (Å²) >= 11 is 3.28. The van der Waals surface area contributed by atoms with E-state index in [1.807, 2.05) is 13.8 Å². The van der Waals surface area contributed by atoms with E-state index in [1.54, 1.807) is 17.2 Å². The fraction of sp³-hybridized carbons (Fsp3) is 0.462. The molecule has 0 atom stereocenters. The minimum Gasteiger partial charge on any atom is -0.383 e.